The van der Waals surface area contributed by atoms with Crippen LogP contribution < -0.4 is 0 Å². The number of halogens is 5. The number of thiophene rings is 1. The molecule has 1 aromatic heterocycles. The summed E-state index contributed by atoms with van der Waals surface area (Å²) >= 11 is 1.36. The molecule has 0 saturated carbocycles. The highest BCUT2D eigenvalue weighted by Crippen LogP contribution is 2.32. The third kappa shape index (κ3) is 2.66. The molecule has 0 atom stereocenters. The average Bonchev–Trinajstić information content (AvgIpc) is 3.04. The topological polar surface area (TPSA) is 0 Å². The molecule has 4 rings (SSSR count). The Morgan fingerprint density at radius 2 is 1.19 bits per heavy atom. The zero-order valence-corrected chi connectivity index (χ0v) is 13.8. The minimum absolute atomic E-state index is 0.638. The van der Waals surface area contributed by atoms with Gasteiger partial charge in [-0.05, 0) is 46.5 Å². The van der Waals surface area contributed by atoms with E-state index >= 15 is 0 Å². The largest absolute Gasteiger partial charge is 0.203 e. The van der Waals surface area contributed by atoms with E-state index in [1.807, 2.05) is 36.4 Å². The maximum absolute atomic E-state index is 13.7. The molecule has 0 N–H and O–H groups in total. The van der Waals surface area contributed by atoms with Crippen LogP contribution in [0.25, 0.3) is 33.0 Å². The van der Waals surface area contributed by atoms with Crippen LogP contribution in [0.2, 0.25) is 0 Å². The predicted molar refractivity (Wildman–Crippen MR) is 94.5 cm³/mol. The smallest absolute Gasteiger partial charge is 0.200 e. The van der Waals surface area contributed by atoms with Crippen LogP contribution in [-0.4, -0.2) is 0 Å². The molecule has 0 aliphatic heterocycles. The second-order valence-corrected chi connectivity index (χ2v) is 6.82. The highest BCUT2D eigenvalue weighted by atomic mass is 32.1. The molecule has 1 heterocycles. The van der Waals surface area contributed by atoms with Crippen molar-refractivity contribution in [3.05, 3.63) is 82.0 Å². The number of rotatable bonds is 2. The van der Waals surface area contributed by atoms with Crippen LogP contribution in [0.1, 0.15) is 10.4 Å². The first-order valence-electron chi connectivity index (χ1n) is 7.57. The van der Waals surface area contributed by atoms with Gasteiger partial charge in [0.15, 0.2) is 23.3 Å². The number of benzene rings is 3. The summed E-state index contributed by atoms with van der Waals surface area (Å²) < 4.78 is 68.0. The van der Waals surface area contributed by atoms with Crippen molar-refractivity contribution < 1.29 is 22.0 Å². The highest BCUT2D eigenvalue weighted by Gasteiger charge is 2.24. The molecule has 0 nitrogen and oxygen atoms in total. The summed E-state index contributed by atoms with van der Waals surface area (Å²) in [5.74, 6) is -9.75. The van der Waals surface area contributed by atoms with E-state index in [4.69, 9.17) is 0 Å². The quantitative estimate of drug-likeness (QED) is 0.202. The van der Waals surface area contributed by atoms with E-state index in [0.717, 1.165) is 26.9 Å². The normalized spacial score (nSPS) is 11.9. The van der Waals surface area contributed by atoms with Gasteiger partial charge in [0.2, 0.25) is 5.82 Å². The SMILES string of the molecule is Fc1c(F)c(F)c(C=Cc2cc3cc4ccccc4cc3s2)c(F)c1F. The standard InChI is InChI=1S/C20H9F5S/c21-16-14(17(22)19(24)20(25)18(16)23)6-5-13-8-12-7-10-3-1-2-4-11(10)9-15(12)26-13/h1-9H. The molecule has 0 aliphatic carbocycles. The van der Waals surface area contributed by atoms with Gasteiger partial charge in [-0.25, -0.2) is 22.0 Å². The Kier molecular flexibility index (Phi) is 4.00. The van der Waals surface area contributed by atoms with Crippen molar-refractivity contribution in [3.63, 3.8) is 0 Å². The third-order valence-electron chi connectivity index (χ3n) is 4.06. The Hall–Kier alpha value is -2.73. The van der Waals surface area contributed by atoms with Crippen molar-refractivity contribution in [2.75, 3.05) is 0 Å². The minimum atomic E-state index is -2.16. The lowest BCUT2D eigenvalue weighted by molar-refractivity contribution is 0.377. The average molecular weight is 376 g/mol. The van der Waals surface area contributed by atoms with Gasteiger partial charge < -0.3 is 0 Å². The Morgan fingerprint density at radius 1 is 0.615 bits per heavy atom. The summed E-state index contributed by atoms with van der Waals surface area (Å²) in [5, 5.41) is 3.04. The van der Waals surface area contributed by atoms with Gasteiger partial charge in [-0.15, -0.1) is 11.3 Å². The molecule has 4 aromatic rings. The molecule has 0 unspecified atom stereocenters. The summed E-state index contributed by atoms with van der Waals surface area (Å²) in [5.41, 5.74) is -0.955. The summed E-state index contributed by atoms with van der Waals surface area (Å²) in [7, 11) is 0. The van der Waals surface area contributed by atoms with Gasteiger partial charge in [-0.3, -0.25) is 0 Å². The van der Waals surface area contributed by atoms with Crippen molar-refractivity contribution in [3.8, 4) is 0 Å². The number of hydrogen-bond donors (Lipinski definition) is 0. The molecule has 6 heteroatoms. The second-order valence-electron chi connectivity index (χ2n) is 5.70. The van der Waals surface area contributed by atoms with Gasteiger partial charge in [-0.2, -0.15) is 0 Å². The maximum atomic E-state index is 13.7. The lowest BCUT2D eigenvalue weighted by Gasteiger charge is -2.03. The number of fused-ring (bicyclic) bond motifs is 2. The van der Waals surface area contributed by atoms with Crippen molar-refractivity contribution >= 4 is 44.3 Å². The molecule has 0 fully saturated rings. The molecule has 0 bridgehead atoms. The maximum Gasteiger partial charge on any atom is 0.200 e. The van der Waals surface area contributed by atoms with E-state index in [9.17, 15) is 22.0 Å². The summed E-state index contributed by atoms with van der Waals surface area (Å²) in [6, 6.07) is 13.6. The van der Waals surface area contributed by atoms with Crippen molar-refractivity contribution in [2.24, 2.45) is 0 Å². The highest BCUT2D eigenvalue weighted by molar-refractivity contribution is 7.20. The molecule has 0 radical (unpaired) electrons. The fourth-order valence-electron chi connectivity index (χ4n) is 2.76. The van der Waals surface area contributed by atoms with Crippen LogP contribution in [0.15, 0.2) is 42.5 Å². The van der Waals surface area contributed by atoms with E-state index in [1.54, 1.807) is 6.07 Å². The van der Waals surface area contributed by atoms with Gasteiger partial charge in [0, 0.05) is 9.58 Å². The van der Waals surface area contributed by atoms with E-state index in [0.29, 0.717) is 4.88 Å². The summed E-state index contributed by atoms with van der Waals surface area (Å²) in [4.78, 5) is 0.638. The zero-order valence-electron chi connectivity index (χ0n) is 13.0. The molecule has 0 saturated heterocycles. The summed E-state index contributed by atoms with van der Waals surface area (Å²) in [6.07, 6.45) is 2.24. The zero-order chi connectivity index (χ0) is 18.4. The molecule has 0 aliphatic rings. The number of hydrogen-bond acceptors (Lipinski definition) is 1. The molecular weight excluding hydrogens is 367 g/mol. The Bertz CT molecular complexity index is 1110. The summed E-state index contributed by atoms with van der Waals surface area (Å²) in [6.45, 7) is 0. The van der Waals surface area contributed by atoms with Crippen molar-refractivity contribution in [1.82, 2.24) is 0 Å². The van der Waals surface area contributed by atoms with Crippen molar-refractivity contribution in [2.45, 2.75) is 0 Å². The van der Waals surface area contributed by atoms with Crippen LogP contribution in [0.4, 0.5) is 22.0 Å². The molecule has 130 valence electrons. The van der Waals surface area contributed by atoms with Gasteiger partial charge in [0.25, 0.3) is 0 Å². The predicted octanol–water partition coefficient (Wildman–Crippen LogP) is 6.92. The van der Waals surface area contributed by atoms with E-state index in [-0.39, 0.29) is 0 Å². The Morgan fingerprint density at radius 3 is 1.85 bits per heavy atom. The van der Waals surface area contributed by atoms with Crippen LogP contribution in [0.5, 0.6) is 0 Å². The van der Waals surface area contributed by atoms with Crippen LogP contribution in [-0.2, 0) is 0 Å². The van der Waals surface area contributed by atoms with E-state index in [2.05, 4.69) is 0 Å². The van der Waals surface area contributed by atoms with Gasteiger partial charge in [0.05, 0.1) is 5.56 Å². The van der Waals surface area contributed by atoms with Crippen molar-refractivity contribution in [1.29, 1.82) is 0 Å². The molecule has 3 aromatic carbocycles. The monoisotopic (exact) mass is 376 g/mol. The molecule has 26 heavy (non-hydrogen) atoms. The lowest BCUT2D eigenvalue weighted by Crippen LogP contribution is -2.03. The second kappa shape index (κ2) is 6.21. The van der Waals surface area contributed by atoms with Crippen LogP contribution in [0, 0.1) is 29.1 Å². The fourth-order valence-corrected chi connectivity index (χ4v) is 3.76. The van der Waals surface area contributed by atoms with Crippen LogP contribution in [0.3, 0.4) is 0 Å². The van der Waals surface area contributed by atoms with Gasteiger partial charge >= 0.3 is 0 Å². The van der Waals surface area contributed by atoms with Crippen LogP contribution >= 0.6 is 11.3 Å². The Balaban J connectivity index is 1.79. The van der Waals surface area contributed by atoms with Gasteiger partial charge in [0.1, 0.15) is 0 Å². The first kappa shape index (κ1) is 16.7. The Labute approximate surface area is 148 Å². The minimum Gasteiger partial charge on any atom is -0.203 e. The fraction of sp³-hybridized carbons (Fsp3) is 0. The van der Waals surface area contributed by atoms with E-state index < -0.39 is 34.6 Å². The molecule has 0 spiro atoms. The molecule has 0 amide bonds. The molecular formula is C20H9F5S. The first-order valence-corrected chi connectivity index (χ1v) is 8.39. The first-order chi connectivity index (χ1) is 12.5. The van der Waals surface area contributed by atoms with Gasteiger partial charge in [-0.1, -0.05) is 24.3 Å². The third-order valence-corrected chi connectivity index (χ3v) is 5.12. The lowest BCUT2D eigenvalue weighted by atomic mass is 10.1. The van der Waals surface area contributed by atoms with E-state index in [1.165, 1.54) is 17.4 Å².